The van der Waals surface area contributed by atoms with Crippen molar-refractivity contribution in [2.75, 3.05) is 0 Å². The number of aryl methyl sites for hydroxylation is 1. The summed E-state index contributed by atoms with van der Waals surface area (Å²) in [5.74, 6) is 0.288. The number of Topliss-reactive ketones (excluding diaryl/α,β-unsaturated/α-hetero) is 1. The van der Waals surface area contributed by atoms with Gasteiger partial charge in [-0.1, -0.05) is 18.2 Å². The summed E-state index contributed by atoms with van der Waals surface area (Å²) in [6.45, 7) is 0. The Balaban J connectivity index is 1.97. The minimum Gasteiger partial charge on any atom is -0.508 e. The molecule has 0 atom stereocenters. The normalized spacial score (nSPS) is 16.2. The Hall–Kier alpha value is -2.55. The number of allylic oxidation sites excluding steroid dienone is 1. The van der Waals surface area contributed by atoms with Crippen molar-refractivity contribution < 1.29 is 15.0 Å². The SMILES string of the molecule is O=C1/C(=C/c2ccc(O)cc2)CCc2ccc(O)cc21. The van der Waals surface area contributed by atoms with Gasteiger partial charge < -0.3 is 10.2 Å². The zero-order valence-electron chi connectivity index (χ0n) is 10.8. The summed E-state index contributed by atoms with van der Waals surface area (Å²) < 4.78 is 0. The number of ketones is 1. The molecule has 20 heavy (non-hydrogen) atoms. The van der Waals surface area contributed by atoms with Gasteiger partial charge in [0.2, 0.25) is 0 Å². The first-order valence-electron chi connectivity index (χ1n) is 6.50. The Morgan fingerprint density at radius 1 is 0.900 bits per heavy atom. The number of hydrogen-bond acceptors (Lipinski definition) is 3. The Morgan fingerprint density at radius 3 is 2.35 bits per heavy atom. The number of phenols is 2. The van der Waals surface area contributed by atoms with Crippen molar-refractivity contribution in [2.45, 2.75) is 12.8 Å². The van der Waals surface area contributed by atoms with E-state index in [-0.39, 0.29) is 17.3 Å². The Bertz CT molecular complexity index is 697. The molecule has 3 heteroatoms. The highest BCUT2D eigenvalue weighted by Gasteiger charge is 2.22. The van der Waals surface area contributed by atoms with Gasteiger partial charge in [-0.3, -0.25) is 4.79 Å². The van der Waals surface area contributed by atoms with Gasteiger partial charge in [-0.05, 0) is 54.3 Å². The number of fused-ring (bicyclic) bond motifs is 1. The maximum atomic E-state index is 12.4. The summed E-state index contributed by atoms with van der Waals surface area (Å²) in [5.41, 5.74) is 3.18. The van der Waals surface area contributed by atoms with Gasteiger partial charge in [-0.2, -0.15) is 0 Å². The van der Waals surface area contributed by atoms with Crippen LogP contribution in [-0.2, 0) is 6.42 Å². The van der Waals surface area contributed by atoms with Gasteiger partial charge in [0.25, 0.3) is 0 Å². The molecule has 0 amide bonds. The molecule has 3 rings (SSSR count). The maximum Gasteiger partial charge on any atom is 0.189 e. The van der Waals surface area contributed by atoms with Crippen molar-refractivity contribution in [3.05, 3.63) is 64.7 Å². The number of benzene rings is 2. The second-order valence-electron chi connectivity index (χ2n) is 4.93. The third-order valence-electron chi connectivity index (χ3n) is 3.53. The molecule has 2 aromatic carbocycles. The molecular formula is C17H14O3. The van der Waals surface area contributed by atoms with Crippen LogP contribution in [0.15, 0.2) is 48.0 Å². The summed E-state index contributed by atoms with van der Waals surface area (Å²) in [6, 6.07) is 11.7. The van der Waals surface area contributed by atoms with Crippen molar-refractivity contribution in [3.63, 3.8) is 0 Å². The standard InChI is InChI=1S/C17H14O3/c18-14-6-1-11(2-7-14)9-13-4-3-12-5-8-15(19)10-16(12)17(13)20/h1-2,5-10,18-19H,3-4H2/b13-9+. The molecule has 1 aliphatic rings. The number of rotatable bonds is 1. The predicted molar refractivity (Wildman–Crippen MR) is 76.8 cm³/mol. The summed E-state index contributed by atoms with van der Waals surface area (Å²) >= 11 is 0. The van der Waals surface area contributed by atoms with E-state index < -0.39 is 0 Å². The van der Waals surface area contributed by atoms with Gasteiger partial charge in [0.1, 0.15) is 11.5 Å². The predicted octanol–water partition coefficient (Wildman–Crippen LogP) is 3.31. The van der Waals surface area contributed by atoms with Crippen LogP contribution in [-0.4, -0.2) is 16.0 Å². The highest BCUT2D eigenvalue weighted by molar-refractivity contribution is 6.13. The summed E-state index contributed by atoms with van der Waals surface area (Å²) in [5, 5.41) is 18.8. The highest BCUT2D eigenvalue weighted by atomic mass is 16.3. The van der Waals surface area contributed by atoms with Crippen molar-refractivity contribution in [1.29, 1.82) is 0 Å². The maximum absolute atomic E-state index is 12.4. The lowest BCUT2D eigenvalue weighted by molar-refractivity contribution is 0.102. The van der Waals surface area contributed by atoms with Gasteiger partial charge >= 0.3 is 0 Å². The smallest absolute Gasteiger partial charge is 0.189 e. The van der Waals surface area contributed by atoms with E-state index in [9.17, 15) is 15.0 Å². The lowest BCUT2D eigenvalue weighted by Gasteiger charge is -2.17. The van der Waals surface area contributed by atoms with Crippen molar-refractivity contribution in [2.24, 2.45) is 0 Å². The van der Waals surface area contributed by atoms with Gasteiger partial charge in [0.05, 0.1) is 0 Å². The average Bonchev–Trinajstić information content (AvgIpc) is 2.45. The molecule has 0 heterocycles. The first-order valence-corrected chi connectivity index (χ1v) is 6.50. The zero-order valence-corrected chi connectivity index (χ0v) is 10.8. The van der Waals surface area contributed by atoms with Crippen LogP contribution >= 0.6 is 0 Å². The van der Waals surface area contributed by atoms with Crippen molar-refractivity contribution in [1.82, 2.24) is 0 Å². The average molecular weight is 266 g/mol. The molecule has 0 fully saturated rings. The lowest BCUT2D eigenvalue weighted by Crippen LogP contribution is -2.13. The van der Waals surface area contributed by atoms with Gasteiger partial charge in [-0.15, -0.1) is 0 Å². The van der Waals surface area contributed by atoms with Gasteiger partial charge in [0.15, 0.2) is 5.78 Å². The van der Waals surface area contributed by atoms with Crippen molar-refractivity contribution >= 4 is 11.9 Å². The fraction of sp³-hybridized carbons (Fsp3) is 0.118. The molecule has 0 radical (unpaired) electrons. The molecular weight excluding hydrogens is 252 g/mol. The van der Waals surface area contributed by atoms with E-state index in [0.717, 1.165) is 23.1 Å². The summed E-state index contributed by atoms with van der Waals surface area (Å²) in [7, 11) is 0. The topological polar surface area (TPSA) is 57.5 Å². The van der Waals surface area contributed by atoms with Gasteiger partial charge in [0, 0.05) is 11.1 Å². The minimum atomic E-state index is -0.0322. The number of carbonyl (C=O) groups excluding carboxylic acids is 1. The Morgan fingerprint density at radius 2 is 1.60 bits per heavy atom. The fourth-order valence-corrected chi connectivity index (χ4v) is 2.46. The Labute approximate surface area is 116 Å². The molecule has 0 saturated carbocycles. The molecule has 0 aromatic heterocycles. The molecule has 0 aliphatic heterocycles. The molecule has 0 bridgehead atoms. The molecule has 0 saturated heterocycles. The number of hydrogen-bond donors (Lipinski definition) is 2. The van der Waals surface area contributed by atoms with Crippen LogP contribution in [0.25, 0.3) is 6.08 Å². The van der Waals surface area contributed by atoms with E-state index in [4.69, 9.17) is 0 Å². The van der Waals surface area contributed by atoms with Crippen molar-refractivity contribution in [3.8, 4) is 11.5 Å². The molecule has 0 unspecified atom stereocenters. The Kier molecular flexibility index (Phi) is 3.03. The lowest BCUT2D eigenvalue weighted by atomic mass is 9.86. The largest absolute Gasteiger partial charge is 0.508 e. The van der Waals surface area contributed by atoms with Crippen LogP contribution in [0.3, 0.4) is 0 Å². The van der Waals surface area contributed by atoms with E-state index in [1.54, 1.807) is 36.4 Å². The number of phenolic OH excluding ortho intramolecular Hbond substituents is 2. The van der Waals surface area contributed by atoms with E-state index >= 15 is 0 Å². The second-order valence-corrected chi connectivity index (χ2v) is 4.93. The van der Waals surface area contributed by atoms with E-state index in [0.29, 0.717) is 12.0 Å². The monoisotopic (exact) mass is 266 g/mol. The molecule has 2 aromatic rings. The number of carbonyl (C=O) groups is 1. The molecule has 0 spiro atoms. The zero-order chi connectivity index (χ0) is 14.1. The van der Waals surface area contributed by atoms with Crippen LogP contribution in [0.2, 0.25) is 0 Å². The third kappa shape index (κ3) is 2.30. The summed E-state index contributed by atoms with van der Waals surface area (Å²) in [4.78, 5) is 12.4. The summed E-state index contributed by atoms with van der Waals surface area (Å²) in [6.07, 6.45) is 3.33. The van der Waals surface area contributed by atoms with E-state index in [1.807, 2.05) is 6.08 Å². The quantitative estimate of drug-likeness (QED) is 0.778. The van der Waals surface area contributed by atoms with Crippen LogP contribution in [0, 0.1) is 0 Å². The molecule has 3 nitrogen and oxygen atoms in total. The van der Waals surface area contributed by atoms with Crippen LogP contribution in [0.5, 0.6) is 11.5 Å². The molecule has 100 valence electrons. The van der Waals surface area contributed by atoms with Crippen LogP contribution in [0.4, 0.5) is 0 Å². The molecule has 2 N–H and O–H groups in total. The first-order chi connectivity index (χ1) is 9.63. The van der Waals surface area contributed by atoms with Gasteiger partial charge in [-0.25, -0.2) is 0 Å². The minimum absolute atomic E-state index is 0.0322. The highest BCUT2D eigenvalue weighted by Crippen LogP contribution is 2.29. The number of aromatic hydroxyl groups is 2. The van der Waals surface area contributed by atoms with Crippen LogP contribution in [0.1, 0.15) is 27.9 Å². The first kappa shape index (κ1) is 12.5. The van der Waals surface area contributed by atoms with E-state index in [1.165, 1.54) is 6.07 Å². The van der Waals surface area contributed by atoms with E-state index in [2.05, 4.69) is 0 Å². The third-order valence-corrected chi connectivity index (χ3v) is 3.53. The molecule has 1 aliphatic carbocycles. The fourth-order valence-electron chi connectivity index (χ4n) is 2.46. The second kappa shape index (κ2) is 4.85. The van der Waals surface area contributed by atoms with Crippen LogP contribution < -0.4 is 0 Å².